The lowest BCUT2D eigenvalue weighted by Crippen LogP contribution is -2.41. The molecule has 2 aromatic heterocycles. The number of ether oxygens (including phenoxy) is 2. The van der Waals surface area contributed by atoms with E-state index in [1.807, 2.05) is 33.8 Å². The molecule has 1 N–H and O–H groups in total. The predicted molar refractivity (Wildman–Crippen MR) is 187 cm³/mol. The van der Waals surface area contributed by atoms with Crippen LogP contribution >= 0.6 is 10.0 Å². The maximum absolute atomic E-state index is 13.5. The maximum atomic E-state index is 13.5. The van der Waals surface area contributed by atoms with Gasteiger partial charge in [-0.25, -0.2) is 33.6 Å². The van der Waals surface area contributed by atoms with Crippen molar-refractivity contribution < 1.29 is 23.0 Å². The summed E-state index contributed by atoms with van der Waals surface area (Å²) in [7, 11) is -1.10. The van der Waals surface area contributed by atoms with E-state index < -0.39 is 40.1 Å². The fraction of sp³-hybridized carbons (Fsp3) is 0.571. The number of anilines is 3. The van der Waals surface area contributed by atoms with Crippen LogP contribution in [0.4, 0.5) is 30.9 Å². The van der Waals surface area contributed by atoms with Gasteiger partial charge in [-0.05, 0) is 74.6 Å². The Bertz CT molecular complexity index is 1720. The van der Waals surface area contributed by atoms with Gasteiger partial charge in [-0.1, -0.05) is 27.7 Å². The zero-order chi connectivity index (χ0) is 35.2. The highest BCUT2D eigenvalue weighted by molar-refractivity contribution is 8.33. The molecule has 5 rings (SSSR count). The van der Waals surface area contributed by atoms with Crippen LogP contribution in [-0.2, 0) is 21.4 Å². The van der Waals surface area contributed by atoms with Crippen LogP contribution in [0, 0.1) is 11.3 Å². The van der Waals surface area contributed by atoms with Crippen LogP contribution in [0.2, 0.25) is 0 Å². The van der Waals surface area contributed by atoms with Gasteiger partial charge < -0.3 is 14.8 Å². The number of nitrogens with zero attached hydrogens (tertiary/aromatic N) is 6. The van der Waals surface area contributed by atoms with Crippen molar-refractivity contribution in [2.45, 2.75) is 96.0 Å². The fourth-order valence-electron chi connectivity index (χ4n) is 5.51. The molecule has 10 nitrogen and oxygen atoms in total. The smallest absolute Gasteiger partial charge is 0.414 e. The molecule has 3 heterocycles. The van der Waals surface area contributed by atoms with Gasteiger partial charge in [0.1, 0.15) is 18.2 Å². The summed E-state index contributed by atoms with van der Waals surface area (Å²) >= 11 is 0. The highest BCUT2D eigenvalue weighted by Crippen LogP contribution is 2.53. The molecule has 0 spiro atoms. The van der Waals surface area contributed by atoms with Gasteiger partial charge in [0, 0.05) is 35.8 Å². The first kappa shape index (κ1) is 35.5. The van der Waals surface area contributed by atoms with Crippen molar-refractivity contribution in [3.8, 4) is 17.3 Å². The quantitative estimate of drug-likeness (QED) is 0.229. The number of carbonyl (C=O) groups is 1. The van der Waals surface area contributed by atoms with Gasteiger partial charge >= 0.3 is 6.09 Å². The largest absolute Gasteiger partial charge is 0.443 e. The molecule has 1 amide bonds. The van der Waals surface area contributed by atoms with Gasteiger partial charge in [0.05, 0.1) is 40.9 Å². The molecule has 1 aromatic carbocycles. The van der Waals surface area contributed by atoms with E-state index in [2.05, 4.69) is 54.8 Å². The van der Waals surface area contributed by atoms with E-state index in [0.29, 0.717) is 40.7 Å². The van der Waals surface area contributed by atoms with Gasteiger partial charge in [0.25, 0.3) is 6.43 Å². The van der Waals surface area contributed by atoms with E-state index in [-0.39, 0.29) is 23.2 Å². The summed E-state index contributed by atoms with van der Waals surface area (Å²) in [5, 5.41) is 18.0. The number of carbonyl (C=O) groups excluding carboxylic acids is 1. The van der Waals surface area contributed by atoms with Crippen molar-refractivity contribution in [3.05, 3.63) is 47.4 Å². The first-order valence-electron chi connectivity index (χ1n) is 16.1. The Morgan fingerprint density at radius 1 is 1.21 bits per heavy atom. The van der Waals surface area contributed by atoms with Crippen molar-refractivity contribution in [3.63, 3.8) is 0 Å². The predicted octanol–water partition coefficient (Wildman–Crippen LogP) is 7.95. The topological polar surface area (TPSA) is 118 Å². The van der Waals surface area contributed by atoms with E-state index in [9.17, 15) is 18.8 Å². The first-order valence-corrected chi connectivity index (χ1v) is 18.8. The summed E-state index contributed by atoms with van der Waals surface area (Å²) in [6.07, 6.45) is 6.55. The normalized spacial score (nSPS) is 18.5. The summed E-state index contributed by atoms with van der Waals surface area (Å²) in [6.45, 7) is 14.3. The van der Waals surface area contributed by atoms with E-state index >= 15 is 0 Å². The fourth-order valence-corrected chi connectivity index (χ4v) is 6.36. The minimum absolute atomic E-state index is 0.0883. The number of halogens is 2. The summed E-state index contributed by atoms with van der Waals surface area (Å²) in [6, 6.07) is 7.74. The Morgan fingerprint density at radius 2 is 1.92 bits per heavy atom. The van der Waals surface area contributed by atoms with Gasteiger partial charge in [-0.3, -0.25) is 9.58 Å². The lowest BCUT2D eigenvalue weighted by Gasteiger charge is -2.44. The van der Waals surface area contributed by atoms with Crippen LogP contribution in [0.5, 0.6) is 0 Å². The average molecular weight is 684 g/mol. The number of nitriles is 1. The van der Waals surface area contributed by atoms with E-state index in [0.717, 1.165) is 24.1 Å². The zero-order valence-electron chi connectivity index (χ0n) is 29.4. The molecule has 1 fully saturated rings. The van der Waals surface area contributed by atoms with Gasteiger partial charge in [0.15, 0.2) is 0 Å². The number of rotatable bonds is 10. The summed E-state index contributed by atoms with van der Waals surface area (Å²) in [5.41, 5.74) is 2.80. The number of aromatic nitrogens is 4. The monoisotopic (exact) mass is 683 g/mol. The maximum Gasteiger partial charge on any atom is 0.414 e. The van der Waals surface area contributed by atoms with Gasteiger partial charge in [-0.15, -0.1) is 0 Å². The van der Waals surface area contributed by atoms with E-state index in [4.69, 9.17) is 14.5 Å². The summed E-state index contributed by atoms with van der Waals surface area (Å²) < 4.78 is 39.8. The number of hydrogen-bond donors (Lipinski definition) is 1. The summed E-state index contributed by atoms with van der Waals surface area (Å²) in [5.74, 6) is 1.09. The van der Waals surface area contributed by atoms with E-state index in [1.54, 1.807) is 29.4 Å². The Kier molecular flexibility index (Phi) is 9.58. The lowest BCUT2D eigenvalue weighted by atomic mass is 9.83. The van der Waals surface area contributed by atoms with E-state index in [1.165, 1.54) is 4.68 Å². The highest BCUT2D eigenvalue weighted by atomic mass is 32.3. The molecule has 260 valence electrons. The average Bonchev–Trinajstić information content (AvgIpc) is 3.68. The molecule has 2 aliphatic rings. The molecule has 3 aromatic rings. The number of fused-ring (bicyclic) bond motifs is 1. The molecule has 13 heteroatoms. The molecule has 0 bridgehead atoms. The van der Waals surface area contributed by atoms with Crippen molar-refractivity contribution in [2.24, 2.45) is 0 Å². The third-order valence-corrected chi connectivity index (χ3v) is 13.1. The van der Waals surface area contributed by atoms with Crippen LogP contribution in [0.3, 0.4) is 0 Å². The third-order valence-electron chi connectivity index (χ3n) is 9.01. The number of benzene rings is 1. The summed E-state index contributed by atoms with van der Waals surface area (Å²) in [4.78, 5) is 24.2. The van der Waals surface area contributed by atoms with Gasteiger partial charge in [0.2, 0.25) is 5.95 Å². The van der Waals surface area contributed by atoms with Crippen molar-refractivity contribution in [2.75, 3.05) is 41.8 Å². The number of hydrogen-bond acceptors (Lipinski definition) is 8. The van der Waals surface area contributed by atoms with Crippen molar-refractivity contribution in [1.29, 1.82) is 5.26 Å². The van der Waals surface area contributed by atoms with Crippen molar-refractivity contribution in [1.82, 2.24) is 19.7 Å². The Morgan fingerprint density at radius 3 is 2.52 bits per heavy atom. The number of amides is 1. The minimum Gasteiger partial charge on any atom is -0.443 e. The van der Waals surface area contributed by atoms with Crippen LogP contribution < -0.4 is 10.2 Å². The highest BCUT2D eigenvalue weighted by Gasteiger charge is 2.45. The molecule has 0 radical (unpaired) electrons. The molecule has 0 unspecified atom stereocenters. The molecule has 1 atom stereocenters. The second-order valence-corrected chi connectivity index (χ2v) is 20.0. The molecule has 0 saturated heterocycles. The van der Waals surface area contributed by atoms with Crippen LogP contribution in [0.1, 0.15) is 84.0 Å². The second kappa shape index (κ2) is 12.9. The zero-order valence-corrected chi connectivity index (χ0v) is 30.2. The lowest BCUT2D eigenvalue weighted by molar-refractivity contribution is 0.0569. The van der Waals surface area contributed by atoms with Crippen LogP contribution in [-0.4, -0.2) is 74.2 Å². The minimum atomic E-state index is -2.52. The SMILES string of the molecule is CC(C)(C)OC(=O)N1C[C@](C)(COCS(C)(C)C(C)(C)C)c2cc(-c3ccnc(Nc4cn(CC(F)F)nc4C4CC4)n3)cc(C#N)c21. The number of nitrogens with one attached hydrogen (secondary N) is 1. The second-order valence-electron chi connectivity index (χ2n) is 15.5. The molecule has 1 aliphatic carbocycles. The number of alkyl halides is 2. The van der Waals surface area contributed by atoms with Gasteiger partial charge in [-0.2, -0.15) is 10.4 Å². The van der Waals surface area contributed by atoms with Crippen molar-refractivity contribution >= 4 is 33.4 Å². The standard InChI is InChI=1S/C35H47F2N7O3S/c1-33(2,3)47-32(45)44-19-35(7,20-46-21-48(8,9)34(4,5)6)25-15-23(14-24(16-38)30(25)44)26-12-13-39-31(40-26)41-27-17-43(18-28(36)37)42-29(27)22-10-11-22/h12-15,17,22,28H,10-11,18-21H2,1-9H3,(H,39,40,41)/t35-/m1/s1. The molecule has 48 heavy (non-hydrogen) atoms. The molecular formula is C35H47F2N7O3S. The molecule has 1 saturated carbocycles. The third kappa shape index (κ3) is 7.76. The Balaban J connectivity index is 1.51. The van der Waals surface area contributed by atoms with Crippen LogP contribution in [0.15, 0.2) is 30.6 Å². The molecule has 1 aliphatic heterocycles. The first-order chi connectivity index (χ1) is 22.3. The molecular weight excluding hydrogens is 636 g/mol. The Labute approximate surface area is 283 Å². The Hall–Kier alpha value is -3.76. The van der Waals surface area contributed by atoms with Crippen LogP contribution in [0.25, 0.3) is 11.3 Å².